The van der Waals surface area contributed by atoms with Gasteiger partial charge in [0.05, 0.1) is 12.1 Å². The van der Waals surface area contributed by atoms with E-state index in [9.17, 15) is 9.59 Å². The lowest BCUT2D eigenvalue weighted by Crippen LogP contribution is -2.25. The van der Waals surface area contributed by atoms with Crippen molar-refractivity contribution in [3.05, 3.63) is 87.1 Å². The third-order valence-corrected chi connectivity index (χ3v) is 5.53. The summed E-state index contributed by atoms with van der Waals surface area (Å²) in [4.78, 5) is 23.8. The van der Waals surface area contributed by atoms with Crippen LogP contribution in [0, 0.1) is 0 Å². The number of carbonyl (C=O) groups is 1. The van der Waals surface area contributed by atoms with Gasteiger partial charge in [0.1, 0.15) is 5.82 Å². The molecular weight excluding hydrogens is 390 g/mol. The molecule has 0 unspecified atom stereocenters. The number of aryl methyl sites for hydroxylation is 2. The molecule has 0 bridgehead atoms. The van der Waals surface area contributed by atoms with E-state index in [0.29, 0.717) is 19.5 Å². The highest BCUT2D eigenvalue weighted by molar-refractivity contribution is 5.87. The second-order valence-electron chi connectivity index (χ2n) is 8.90. The lowest BCUT2D eigenvalue weighted by atomic mass is 9.87. The molecule has 1 N–H and O–H groups in total. The standard InChI is InChI=1S/C25H31N3O3/c1-5-27-22(8-6-7-18-9-13-20(14-10-18)23(29)30)26-28(24(27)31)17-19-11-15-21(16-12-19)25(2,3)4/h9-16H,5-8,17H2,1-4H3,(H,29,30). The van der Waals surface area contributed by atoms with Crippen molar-refractivity contribution in [1.82, 2.24) is 14.3 Å². The molecule has 6 heteroatoms. The molecule has 0 atom stereocenters. The number of benzene rings is 2. The molecule has 6 nitrogen and oxygen atoms in total. The smallest absolute Gasteiger partial charge is 0.346 e. The summed E-state index contributed by atoms with van der Waals surface area (Å²) in [6.07, 6.45) is 2.34. The predicted octanol–water partition coefficient (Wildman–Crippen LogP) is 4.28. The van der Waals surface area contributed by atoms with E-state index in [-0.39, 0.29) is 16.7 Å². The van der Waals surface area contributed by atoms with Gasteiger partial charge in [0.15, 0.2) is 0 Å². The Morgan fingerprint density at radius 3 is 2.13 bits per heavy atom. The predicted molar refractivity (Wildman–Crippen MR) is 122 cm³/mol. The molecule has 2 aromatic carbocycles. The topological polar surface area (TPSA) is 77.1 Å². The third-order valence-electron chi connectivity index (χ3n) is 5.53. The van der Waals surface area contributed by atoms with Gasteiger partial charge < -0.3 is 5.11 Å². The van der Waals surface area contributed by atoms with Crippen LogP contribution in [-0.2, 0) is 31.3 Å². The van der Waals surface area contributed by atoms with E-state index in [1.54, 1.807) is 21.4 Å². The van der Waals surface area contributed by atoms with Crippen LogP contribution < -0.4 is 5.69 Å². The van der Waals surface area contributed by atoms with E-state index in [0.717, 1.165) is 29.8 Å². The van der Waals surface area contributed by atoms with Crippen molar-refractivity contribution in [2.24, 2.45) is 0 Å². The molecule has 0 aliphatic rings. The molecule has 0 aliphatic carbocycles. The average molecular weight is 422 g/mol. The zero-order valence-corrected chi connectivity index (χ0v) is 18.8. The van der Waals surface area contributed by atoms with Gasteiger partial charge in [-0.1, -0.05) is 57.2 Å². The van der Waals surface area contributed by atoms with Crippen molar-refractivity contribution in [2.75, 3.05) is 0 Å². The number of aromatic nitrogens is 3. The Bertz CT molecular complexity index is 1090. The van der Waals surface area contributed by atoms with Crippen molar-refractivity contribution in [1.29, 1.82) is 0 Å². The maximum atomic E-state index is 12.8. The van der Waals surface area contributed by atoms with E-state index < -0.39 is 5.97 Å². The summed E-state index contributed by atoms with van der Waals surface area (Å²) < 4.78 is 3.28. The summed E-state index contributed by atoms with van der Waals surface area (Å²) in [6, 6.07) is 15.3. The van der Waals surface area contributed by atoms with Crippen molar-refractivity contribution < 1.29 is 9.90 Å². The van der Waals surface area contributed by atoms with Crippen LogP contribution in [0.1, 0.15) is 67.0 Å². The average Bonchev–Trinajstić information content (AvgIpc) is 3.02. The summed E-state index contributed by atoms with van der Waals surface area (Å²) in [7, 11) is 0. The summed E-state index contributed by atoms with van der Waals surface area (Å²) in [6.45, 7) is 9.55. The Hall–Kier alpha value is -3.15. The van der Waals surface area contributed by atoms with Gasteiger partial charge in [-0.3, -0.25) is 4.57 Å². The first-order valence-electron chi connectivity index (χ1n) is 10.8. The molecule has 0 spiro atoms. The summed E-state index contributed by atoms with van der Waals surface area (Å²) in [5, 5.41) is 13.6. The first kappa shape index (κ1) is 22.5. The Kier molecular flexibility index (Phi) is 6.78. The van der Waals surface area contributed by atoms with Crippen LogP contribution in [-0.4, -0.2) is 25.4 Å². The quantitative estimate of drug-likeness (QED) is 0.589. The maximum absolute atomic E-state index is 12.8. The van der Waals surface area contributed by atoms with Crippen molar-refractivity contribution in [3.8, 4) is 0 Å². The van der Waals surface area contributed by atoms with E-state index in [1.165, 1.54) is 5.56 Å². The van der Waals surface area contributed by atoms with Gasteiger partial charge in [0.25, 0.3) is 0 Å². The Morgan fingerprint density at radius 1 is 0.968 bits per heavy atom. The second kappa shape index (κ2) is 9.33. The maximum Gasteiger partial charge on any atom is 0.346 e. The van der Waals surface area contributed by atoms with Gasteiger partial charge in [-0.05, 0) is 54.0 Å². The molecule has 3 rings (SSSR count). The fourth-order valence-electron chi connectivity index (χ4n) is 3.64. The molecule has 31 heavy (non-hydrogen) atoms. The molecule has 0 aliphatic heterocycles. The van der Waals surface area contributed by atoms with E-state index in [2.05, 4.69) is 50.1 Å². The molecule has 0 saturated carbocycles. The fourth-order valence-corrected chi connectivity index (χ4v) is 3.64. The lowest BCUT2D eigenvalue weighted by Gasteiger charge is -2.19. The van der Waals surface area contributed by atoms with Gasteiger partial charge in [-0.15, -0.1) is 0 Å². The Balaban J connectivity index is 1.67. The minimum absolute atomic E-state index is 0.0804. The summed E-state index contributed by atoms with van der Waals surface area (Å²) in [5.74, 6) is -0.127. The largest absolute Gasteiger partial charge is 0.478 e. The normalized spacial score (nSPS) is 11.6. The van der Waals surface area contributed by atoms with Crippen LogP contribution in [0.4, 0.5) is 0 Å². The minimum atomic E-state index is -0.919. The highest BCUT2D eigenvalue weighted by Gasteiger charge is 2.15. The monoisotopic (exact) mass is 421 g/mol. The Morgan fingerprint density at radius 2 is 1.58 bits per heavy atom. The van der Waals surface area contributed by atoms with E-state index >= 15 is 0 Å². The summed E-state index contributed by atoms with van der Waals surface area (Å²) in [5.41, 5.74) is 3.70. The van der Waals surface area contributed by atoms with Gasteiger partial charge in [0, 0.05) is 13.0 Å². The van der Waals surface area contributed by atoms with Gasteiger partial charge in [-0.25, -0.2) is 14.3 Å². The van der Waals surface area contributed by atoms with Gasteiger partial charge in [0.2, 0.25) is 0 Å². The SMILES string of the molecule is CCn1c(CCCc2ccc(C(=O)O)cc2)nn(Cc2ccc(C(C)(C)C)cc2)c1=O. The molecular formula is C25H31N3O3. The van der Waals surface area contributed by atoms with Crippen molar-refractivity contribution >= 4 is 5.97 Å². The molecule has 164 valence electrons. The molecule has 0 saturated heterocycles. The van der Waals surface area contributed by atoms with Gasteiger partial charge in [-0.2, -0.15) is 5.10 Å². The van der Waals surface area contributed by atoms with Crippen LogP contribution in [0.2, 0.25) is 0 Å². The summed E-state index contributed by atoms with van der Waals surface area (Å²) >= 11 is 0. The van der Waals surface area contributed by atoms with Crippen molar-refractivity contribution in [3.63, 3.8) is 0 Å². The van der Waals surface area contributed by atoms with Crippen LogP contribution in [0.5, 0.6) is 0 Å². The zero-order chi connectivity index (χ0) is 22.6. The molecule has 3 aromatic rings. The molecule has 0 amide bonds. The fraction of sp³-hybridized carbons (Fsp3) is 0.400. The highest BCUT2D eigenvalue weighted by atomic mass is 16.4. The minimum Gasteiger partial charge on any atom is -0.478 e. The zero-order valence-electron chi connectivity index (χ0n) is 18.8. The number of nitrogens with zero attached hydrogens (tertiary/aromatic N) is 3. The van der Waals surface area contributed by atoms with E-state index in [1.807, 2.05) is 19.1 Å². The number of carboxylic acids is 1. The van der Waals surface area contributed by atoms with Crippen LogP contribution in [0.15, 0.2) is 53.3 Å². The van der Waals surface area contributed by atoms with Crippen LogP contribution >= 0.6 is 0 Å². The molecule has 1 heterocycles. The third kappa shape index (κ3) is 5.51. The first-order chi connectivity index (χ1) is 14.7. The number of rotatable bonds is 8. The lowest BCUT2D eigenvalue weighted by molar-refractivity contribution is 0.0697. The number of carboxylic acid groups (broad SMARTS) is 1. The Labute approximate surface area is 183 Å². The number of aromatic carboxylic acids is 1. The number of hydrogen-bond donors (Lipinski definition) is 1. The highest BCUT2D eigenvalue weighted by Crippen LogP contribution is 2.22. The second-order valence-corrected chi connectivity index (χ2v) is 8.90. The molecule has 0 fully saturated rings. The molecule has 0 radical (unpaired) electrons. The van der Waals surface area contributed by atoms with Crippen LogP contribution in [0.25, 0.3) is 0 Å². The number of hydrogen-bond acceptors (Lipinski definition) is 3. The molecule has 1 aromatic heterocycles. The van der Waals surface area contributed by atoms with E-state index in [4.69, 9.17) is 5.11 Å². The first-order valence-corrected chi connectivity index (χ1v) is 10.8. The van der Waals surface area contributed by atoms with Crippen molar-refractivity contribution in [2.45, 2.75) is 65.5 Å². The van der Waals surface area contributed by atoms with Crippen LogP contribution in [0.3, 0.4) is 0 Å². The van der Waals surface area contributed by atoms with Gasteiger partial charge >= 0.3 is 11.7 Å².